The molecule has 0 aliphatic carbocycles. The van der Waals surface area contributed by atoms with E-state index < -0.39 is 16.1 Å². The number of benzene rings is 4. The molecule has 4 aromatic carbocycles. The summed E-state index contributed by atoms with van der Waals surface area (Å²) >= 11 is 0. The number of nitrogens with one attached hydrogen (secondary N) is 2. The average Bonchev–Trinajstić information content (AvgIpc) is 2.85. The molecule has 0 spiro atoms. The van der Waals surface area contributed by atoms with Gasteiger partial charge in [-0.05, 0) is 73.2 Å². The van der Waals surface area contributed by atoms with E-state index in [1.165, 1.54) is 12.1 Å². The van der Waals surface area contributed by atoms with Crippen molar-refractivity contribution in [2.75, 3.05) is 10.0 Å². The quantitative estimate of drug-likeness (QED) is 0.316. The van der Waals surface area contributed by atoms with Crippen molar-refractivity contribution in [2.24, 2.45) is 0 Å². The highest BCUT2D eigenvalue weighted by Crippen LogP contribution is 2.26. The Labute approximate surface area is 206 Å². The number of aryl methyl sites for hydroxylation is 1. The van der Waals surface area contributed by atoms with Crippen molar-refractivity contribution in [1.82, 2.24) is 0 Å². The summed E-state index contributed by atoms with van der Waals surface area (Å²) in [6, 6.07) is 24.9. The molecule has 0 fully saturated rings. The molecule has 35 heavy (non-hydrogen) atoms. The van der Waals surface area contributed by atoms with E-state index in [9.17, 15) is 13.2 Å². The molecule has 4 rings (SSSR count). The van der Waals surface area contributed by atoms with Crippen LogP contribution in [0.3, 0.4) is 0 Å². The first-order chi connectivity index (χ1) is 16.8. The summed E-state index contributed by atoms with van der Waals surface area (Å²) in [4.78, 5) is 12.9. The molecule has 2 N–H and O–H groups in total. The zero-order valence-electron chi connectivity index (χ0n) is 19.9. The fourth-order valence-electron chi connectivity index (χ4n) is 3.79. The van der Waals surface area contributed by atoms with E-state index in [0.29, 0.717) is 23.5 Å². The van der Waals surface area contributed by atoms with Crippen LogP contribution >= 0.6 is 0 Å². The highest BCUT2D eigenvalue weighted by Gasteiger charge is 2.21. The first-order valence-corrected chi connectivity index (χ1v) is 12.9. The Morgan fingerprint density at radius 1 is 0.886 bits per heavy atom. The van der Waals surface area contributed by atoms with Crippen LogP contribution in [0.1, 0.15) is 24.5 Å². The number of sulfonamides is 1. The molecule has 0 aliphatic rings. The Kier molecular flexibility index (Phi) is 7.07. The highest BCUT2D eigenvalue weighted by molar-refractivity contribution is 7.92. The van der Waals surface area contributed by atoms with Crippen LogP contribution in [0, 0.1) is 13.8 Å². The van der Waals surface area contributed by atoms with E-state index in [0.717, 1.165) is 21.9 Å². The van der Waals surface area contributed by atoms with Gasteiger partial charge in [0.2, 0.25) is 0 Å². The zero-order valence-corrected chi connectivity index (χ0v) is 20.7. The van der Waals surface area contributed by atoms with Crippen molar-refractivity contribution in [3.8, 4) is 5.75 Å². The molecule has 4 aromatic rings. The SMILES string of the molecule is CCC(Oc1cccc(C)c1C)C(=O)Nc1ccc(S(=O)(=O)Nc2cccc3ccccc23)cc1. The molecule has 0 saturated heterocycles. The number of amides is 1. The average molecular weight is 489 g/mol. The van der Waals surface area contributed by atoms with Crippen LogP contribution < -0.4 is 14.8 Å². The van der Waals surface area contributed by atoms with E-state index in [2.05, 4.69) is 10.0 Å². The lowest BCUT2D eigenvalue weighted by Crippen LogP contribution is -2.32. The molecule has 0 aromatic heterocycles. The molecular weight excluding hydrogens is 460 g/mol. The van der Waals surface area contributed by atoms with Crippen LogP contribution in [0.15, 0.2) is 89.8 Å². The van der Waals surface area contributed by atoms with Crippen molar-refractivity contribution < 1.29 is 17.9 Å². The van der Waals surface area contributed by atoms with Crippen LogP contribution in [0.2, 0.25) is 0 Å². The van der Waals surface area contributed by atoms with Crippen LogP contribution in [0.5, 0.6) is 5.75 Å². The Hall–Kier alpha value is -3.84. The molecule has 6 nitrogen and oxygen atoms in total. The van der Waals surface area contributed by atoms with Crippen molar-refractivity contribution in [3.05, 3.63) is 96.1 Å². The number of hydrogen-bond donors (Lipinski definition) is 2. The van der Waals surface area contributed by atoms with E-state index in [1.807, 2.05) is 75.4 Å². The lowest BCUT2D eigenvalue weighted by Gasteiger charge is -2.19. The molecule has 0 radical (unpaired) electrons. The minimum absolute atomic E-state index is 0.0992. The maximum absolute atomic E-state index is 13.0. The second-order valence-corrected chi connectivity index (χ2v) is 10.0. The molecular formula is C28H28N2O4S. The molecule has 1 amide bonds. The van der Waals surface area contributed by atoms with Gasteiger partial charge in [-0.25, -0.2) is 8.42 Å². The van der Waals surface area contributed by atoms with Gasteiger partial charge in [-0.3, -0.25) is 9.52 Å². The standard InChI is InChI=1S/C28H28N2O4S/c1-4-26(34-27-14-7-9-19(2)20(27)3)28(31)29-22-15-17-23(18-16-22)35(32,33)30-25-13-8-11-21-10-5-6-12-24(21)25/h5-18,26,30H,4H2,1-3H3,(H,29,31). The molecule has 0 bridgehead atoms. The fourth-order valence-corrected chi connectivity index (χ4v) is 4.87. The molecule has 7 heteroatoms. The molecule has 1 atom stereocenters. The minimum Gasteiger partial charge on any atom is -0.480 e. The summed E-state index contributed by atoms with van der Waals surface area (Å²) in [5.41, 5.74) is 3.08. The minimum atomic E-state index is -3.81. The summed E-state index contributed by atoms with van der Waals surface area (Å²) in [6.07, 6.45) is -0.187. The number of carbonyl (C=O) groups is 1. The molecule has 1 unspecified atom stereocenters. The van der Waals surface area contributed by atoms with Crippen molar-refractivity contribution in [1.29, 1.82) is 0 Å². The van der Waals surface area contributed by atoms with E-state index in [1.54, 1.807) is 18.2 Å². The van der Waals surface area contributed by atoms with Gasteiger partial charge in [0.1, 0.15) is 5.75 Å². The van der Waals surface area contributed by atoms with Crippen LogP contribution in [-0.2, 0) is 14.8 Å². The lowest BCUT2D eigenvalue weighted by atomic mass is 10.1. The summed E-state index contributed by atoms with van der Waals surface area (Å²) in [7, 11) is -3.81. The lowest BCUT2D eigenvalue weighted by molar-refractivity contribution is -0.122. The summed E-state index contributed by atoms with van der Waals surface area (Å²) in [5.74, 6) is 0.380. The Morgan fingerprint density at radius 2 is 1.57 bits per heavy atom. The van der Waals surface area contributed by atoms with Crippen molar-refractivity contribution in [2.45, 2.75) is 38.2 Å². The van der Waals surface area contributed by atoms with E-state index in [4.69, 9.17) is 4.74 Å². The third-order valence-electron chi connectivity index (χ3n) is 5.95. The van der Waals surface area contributed by atoms with Gasteiger partial charge < -0.3 is 10.1 Å². The van der Waals surface area contributed by atoms with Gasteiger partial charge in [0.05, 0.1) is 10.6 Å². The molecule has 0 aliphatic heterocycles. The zero-order chi connectivity index (χ0) is 25.0. The number of hydrogen-bond acceptors (Lipinski definition) is 4. The first kappa shape index (κ1) is 24.3. The predicted molar refractivity (Wildman–Crippen MR) is 140 cm³/mol. The Bertz CT molecular complexity index is 1460. The van der Waals surface area contributed by atoms with Crippen LogP contribution in [0.25, 0.3) is 10.8 Å². The second kappa shape index (κ2) is 10.2. The highest BCUT2D eigenvalue weighted by atomic mass is 32.2. The van der Waals surface area contributed by atoms with Gasteiger partial charge in [0.25, 0.3) is 15.9 Å². The van der Waals surface area contributed by atoms with Crippen molar-refractivity contribution >= 4 is 38.1 Å². The topological polar surface area (TPSA) is 84.5 Å². The van der Waals surface area contributed by atoms with Gasteiger partial charge in [-0.2, -0.15) is 0 Å². The van der Waals surface area contributed by atoms with Crippen LogP contribution in [0.4, 0.5) is 11.4 Å². The normalized spacial score (nSPS) is 12.2. The number of carbonyl (C=O) groups excluding carboxylic acids is 1. The summed E-state index contributed by atoms with van der Waals surface area (Å²) < 4.78 is 34.6. The Morgan fingerprint density at radius 3 is 2.31 bits per heavy atom. The van der Waals surface area contributed by atoms with E-state index in [-0.39, 0.29) is 10.8 Å². The van der Waals surface area contributed by atoms with Crippen LogP contribution in [-0.4, -0.2) is 20.4 Å². The number of rotatable bonds is 8. The summed E-state index contributed by atoms with van der Waals surface area (Å²) in [6.45, 7) is 5.83. The fraction of sp³-hybridized carbons (Fsp3) is 0.179. The maximum Gasteiger partial charge on any atom is 0.265 e. The van der Waals surface area contributed by atoms with Gasteiger partial charge in [-0.15, -0.1) is 0 Å². The van der Waals surface area contributed by atoms with Gasteiger partial charge in [0, 0.05) is 11.1 Å². The van der Waals surface area contributed by atoms with Crippen molar-refractivity contribution in [3.63, 3.8) is 0 Å². The van der Waals surface area contributed by atoms with Gasteiger partial charge >= 0.3 is 0 Å². The molecule has 0 heterocycles. The first-order valence-electron chi connectivity index (χ1n) is 11.4. The number of fused-ring (bicyclic) bond motifs is 1. The molecule has 0 saturated carbocycles. The third-order valence-corrected chi connectivity index (χ3v) is 7.33. The third kappa shape index (κ3) is 5.46. The Balaban J connectivity index is 1.46. The number of anilines is 2. The van der Waals surface area contributed by atoms with Gasteiger partial charge in [-0.1, -0.05) is 55.5 Å². The largest absolute Gasteiger partial charge is 0.480 e. The monoisotopic (exact) mass is 488 g/mol. The molecule has 180 valence electrons. The second-order valence-electron chi connectivity index (χ2n) is 8.36. The predicted octanol–water partition coefficient (Wildman–Crippen LogP) is 6.05. The number of ether oxygens (including phenoxy) is 1. The maximum atomic E-state index is 13.0. The van der Waals surface area contributed by atoms with E-state index >= 15 is 0 Å². The smallest absolute Gasteiger partial charge is 0.265 e. The van der Waals surface area contributed by atoms with Gasteiger partial charge in [0.15, 0.2) is 6.10 Å². The summed E-state index contributed by atoms with van der Waals surface area (Å²) in [5, 5.41) is 4.58.